The minimum Gasteiger partial charge on any atom is -1.00 e. The number of fused-ring (bicyclic) bond motifs is 2. The van der Waals surface area contributed by atoms with Crippen LogP contribution in [-0.2, 0) is 33.6 Å². The number of hydrogen-bond donors (Lipinski definition) is 0. The SMILES string of the molecule is [CH2]=[Zr+2]([CH]1C(CC)=Cc2c(-c3ccc(C(F)(F)F)cc3)cccc21)[CH]1C(CC)=Cc2c(-c3ccc(C(F)(F)F)cc3)cccc21.[Cl-].[Cl-]. The van der Waals surface area contributed by atoms with E-state index in [9.17, 15) is 26.3 Å². The van der Waals surface area contributed by atoms with E-state index in [1.165, 1.54) is 22.3 Å². The predicted octanol–water partition coefficient (Wildman–Crippen LogP) is 5.51. The van der Waals surface area contributed by atoms with Crippen molar-refractivity contribution in [3.05, 3.63) is 129 Å². The summed E-state index contributed by atoms with van der Waals surface area (Å²) in [7, 11) is 0. The van der Waals surface area contributed by atoms with Crippen molar-refractivity contribution < 1.29 is 72.4 Å². The monoisotopic (exact) mass is 748 g/mol. The molecule has 0 bridgehead atoms. The molecule has 0 fully saturated rings. The van der Waals surface area contributed by atoms with Crippen LogP contribution in [0.3, 0.4) is 0 Å². The second-order valence-corrected chi connectivity index (χ2v) is 17.0. The Labute approximate surface area is 285 Å². The zero-order valence-electron chi connectivity index (χ0n) is 25.0. The largest absolute Gasteiger partial charge is 1.00 e. The van der Waals surface area contributed by atoms with E-state index in [1.54, 1.807) is 24.3 Å². The average molecular weight is 751 g/mol. The Bertz CT molecular complexity index is 1680. The Hall–Kier alpha value is -2.73. The Balaban J connectivity index is 0.00000240. The molecule has 6 rings (SSSR count). The maximum absolute atomic E-state index is 13.2. The first-order valence-electron chi connectivity index (χ1n) is 14.6. The quantitative estimate of drug-likeness (QED) is 0.228. The van der Waals surface area contributed by atoms with Crippen LogP contribution in [-0.4, -0.2) is 4.21 Å². The Morgan fingerprint density at radius 2 is 0.913 bits per heavy atom. The smallest absolute Gasteiger partial charge is 1.00 e. The molecule has 2 unspecified atom stereocenters. The van der Waals surface area contributed by atoms with Gasteiger partial charge in [0.05, 0.1) is 0 Å². The van der Waals surface area contributed by atoms with Crippen LogP contribution in [0.4, 0.5) is 26.3 Å². The van der Waals surface area contributed by atoms with E-state index in [0.29, 0.717) is 0 Å². The molecule has 238 valence electrons. The third kappa shape index (κ3) is 6.53. The summed E-state index contributed by atoms with van der Waals surface area (Å²) >= 11 is -2.67. The number of allylic oxidation sites excluding steroid dienone is 2. The summed E-state index contributed by atoms with van der Waals surface area (Å²) < 4.78 is 84.7. The van der Waals surface area contributed by atoms with E-state index in [1.807, 2.05) is 24.3 Å². The van der Waals surface area contributed by atoms with Crippen LogP contribution in [0.1, 0.15) is 67.3 Å². The van der Waals surface area contributed by atoms with Gasteiger partial charge in [-0.1, -0.05) is 0 Å². The molecule has 0 heterocycles. The molecule has 4 aromatic carbocycles. The summed E-state index contributed by atoms with van der Waals surface area (Å²) in [4.78, 5) is 0. The maximum atomic E-state index is 13.2. The van der Waals surface area contributed by atoms with Crippen LogP contribution >= 0.6 is 0 Å². The zero-order chi connectivity index (χ0) is 31.4. The van der Waals surface area contributed by atoms with Gasteiger partial charge < -0.3 is 24.8 Å². The summed E-state index contributed by atoms with van der Waals surface area (Å²) in [6, 6.07) is 22.9. The van der Waals surface area contributed by atoms with Gasteiger partial charge in [0.1, 0.15) is 0 Å². The Morgan fingerprint density at radius 1 is 0.565 bits per heavy atom. The van der Waals surface area contributed by atoms with Crippen molar-refractivity contribution in [1.82, 2.24) is 0 Å². The molecule has 9 heteroatoms. The molecule has 0 saturated heterocycles. The third-order valence-electron chi connectivity index (χ3n) is 8.91. The van der Waals surface area contributed by atoms with Gasteiger partial charge in [-0.25, -0.2) is 0 Å². The van der Waals surface area contributed by atoms with E-state index in [2.05, 4.69) is 38.1 Å². The summed E-state index contributed by atoms with van der Waals surface area (Å²) in [5, 5.41) is 0. The van der Waals surface area contributed by atoms with Gasteiger partial charge in [0.15, 0.2) is 0 Å². The first-order valence-corrected chi connectivity index (χ1v) is 19.2. The van der Waals surface area contributed by atoms with Gasteiger partial charge in [0.25, 0.3) is 0 Å². The minimum atomic E-state index is -4.39. The van der Waals surface area contributed by atoms with Crippen LogP contribution in [0.2, 0.25) is 0 Å². The first kappa shape index (κ1) is 36.1. The van der Waals surface area contributed by atoms with E-state index in [0.717, 1.165) is 70.5 Å². The Kier molecular flexibility index (Phi) is 10.8. The molecule has 0 amide bonds. The second kappa shape index (κ2) is 13.8. The molecule has 0 aliphatic heterocycles. The summed E-state index contributed by atoms with van der Waals surface area (Å²) in [6.07, 6.45) is -2.63. The Morgan fingerprint density at radius 3 is 1.22 bits per heavy atom. The summed E-state index contributed by atoms with van der Waals surface area (Å²) in [6.45, 7) is 4.28. The van der Waals surface area contributed by atoms with Crippen LogP contribution in [0.15, 0.2) is 96.1 Å². The molecular weight excluding hydrogens is 721 g/mol. The van der Waals surface area contributed by atoms with Crippen molar-refractivity contribution in [2.45, 2.75) is 46.3 Å². The van der Waals surface area contributed by atoms with Crippen molar-refractivity contribution in [2.24, 2.45) is 0 Å². The van der Waals surface area contributed by atoms with E-state index in [-0.39, 0.29) is 32.1 Å². The topological polar surface area (TPSA) is 0 Å². The number of rotatable bonds is 6. The fraction of sp³-hybridized carbons (Fsp3) is 0.216. The normalized spacial score (nSPS) is 16.7. The molecule has 0 radical (unpaired) electrons. The van der Waals surface area contributed by atoms with Crippen LogP contribution < -0.4 is 24.8 Å². The van der Waals surface area contributed by atoms with Gasteiger partial charge in [-0.05, 0) is 0 Å². The molecule has 0 aromatic heterocycles. The molecule has 2 aliphatic rings. The zero-order valence-corrected chi connectivity index (χ0v) is 29.0. The van der Waals surface area contributed by atoms with Crippen LogP contribution in [0.5, 0.6) is 0 Å². The first-order chi connectivity index (χ1) is 20.9. The second-order valence-electron chi connectivity index (χ2n) is 11.4. The summed E-state index contributed by atoms with van der Waals surface area (Å²) in [5.41, 5.74) is 9.15. The van der Waals surface area contributed by atoms with Gasteiger partial charge in [0.2, 0.25) is 0 Å². The molecule has 2 aliphatic carbocycles. The van der Waals surface area contributed by atoms with Crippen LogP contribution in [0, 0.1) is 0 Å². The fourth-order valence-electron chi connectivity index (χ4n) is 6.76. The average Bonchev–Trinajstić information content (AvgIpc) is 3.58. The number of hydrogen-bond acceptors (Lipinski definition) is 0. The van der Waals surface area contributed by atoms with Gasteiger partial charge in [-0.3, -0.25) is 0 Å². The summed E-state index contributed by atoms with van der Waals surface area (Å²) in [5.74, 6) is 0. The van der Waals surface area contributed by atoms with Gasteiger partial charge in [0, 0.05) is 0 Å². The van der Waals surface area contributed by atoms with Crippen molar-refractivity contribution in [1.29, 1.82) is 0 Å². The maximum Gasteiger partial charge on any atom is -1.00 e. The number of halogens is 8. The van der Waals surface area contributed by atoms with E-state index >= 15 is 0 Å². The molecule has 0 saturated carbocycles. The van der Waals surface area contributed by atoms with Crippen LogP contribution in [0.25, 0.3) is 34.4 Å². The van der Waals surface area contributed by atoms with Crippen molar-refractivity contribution in [2.75, 3.05) is 0 Å². The molecule has 0 nitrogen and oxygen atoms in total. The van der Waals surface area contributed by atoms with Gasteiger partial charge >= 0.3 is 262 Å². The molecule has 2 atom stereocenters. The van der Waals surface area contributed by atoms with E-state index < -0.39 is 44.7 Å². The van der Waals surface area contributed by atoms with Crippen molar-refractivity contribution in [3.8, 4) is 22.3 Å². The molecule has 46 heavy (non-hydrogen) atoms. The molecular formula is C37H30Cl2F6Zr. The fourth-order valence-corrected chi connectivity index (χ4v) is 14.5. The predicted molar refractivity (Wildman–Crippen MR) is 163 cm³/mol. The molecule has 0 N–H and O–H groups in total. The number of alkyl halides is 6. The molecule has 4 aromatic rings. The molecule has 0 spiro atoms. The minimum absolute atomic E-state index is 0. The van der Waals surface area contributed by atoms with Crippen molar-refractivity contribution >= 4 is 16.4 Å². The van der Waals surface area contributed by atoms with E-state index in [4.69, 9.17) is 4.21 Å². The van der Waals surface area contributed by atoms with Gasteiger partial charge in [-0.15, -0.1) is 0 Å². The standard InChI is InChI=1S/2C18H14F3.CH2.2ClH.Zr/c2*1-2-12-10-14-4-3-5-16(17(14)11-12)13-6-8-15(9-7-13)18(19,20)21;;;;/h2*3-11H,2H2,1H3;1H2;2*1H;/q;;;;;+2/p-2. The van der Waals surface area contributed by atoms with Crippen molar-refractivity contribution in [3.63, 3.8) is 0 Å². The number of benzene rings is 4. The van der Waals surface area contributed by atoms with Gasteiger partial charge in [-0.2, -0.15) is 0 Å². The third-order valence-corrected chi connectivity index (χ3v) is 15.9.